The van der Waals surface area contributed by atoms with Crippen LogP contribution in [0.1, 0.15) is 24.5 Å². The average Bonchev–Trinajstić information content (AvgIpc) is 2.70. The van der Waals surface area contributed by atoms with Crippen molar-refractivity contribution in [2.24, 2.45) is 0 Å². The minimum atomic E-state index is -0.332. The van der Waals surface area contributed by atoms with Crippen molar-refractivity contribution in [1.82, 2.24) is 0 Å². The van der Waals surface area contributed by atoms with Gasteiger partial charge < -0.3 is 9.53 Å². The fraction of sp³-hybridized carbons (Fsp3) is 0.364. The summed E-state index contributed by atoms with van der Waals surface area (Å²) < 4.78 is 19.1. The molecule has 1 heterocycles. The van der Waals surface area contributed by atoms with Crippen molar-refractivity contribution in [2.75, 3.05) is 0 Å². The van der Waals surface area contributed by atoms with E-state index in [0.717, 1.165) is 18.3 Å². The summed E-state index contributed by atoms with van der Waals surface area (Å²) in [7, 11) is 0. The van der Waals surface area contributed by atoms with Gasteiger partial charge >= 0.3 is 0 Å². The summed E-state index contributed by atoms with van der Waals surface area (Å²) in [6.45, 7) is 0. The number of benzene rings is 1. The second-order valence-corrected chi connectivity index (χ2v) is 4.40. The highest BCUT2D eigenvalue weighted by Crippen LogP contribution is 2.33. The molecule has 0 aromatic heterocycles. The van der Waals surface area contributed by atoms with Crippen molar-refractivity contribution in [2.45, 2.75) is 25.0 Å². The van der Waals surface area contributed by atoms with Crippen molar-refractivity contribution in [3.05, 3.63) is 34.1 Å². The summed E-state index contributed by atoms with van der Waals surface area (Å²) in [5.74, 6) is -0.300. The number of ether oxygens (including phenoxy) is 1. The zero-order chi connectivity index (χ0) is 10.8. The molecule has 1 aromatic rings. The molecule has 0 amide bonds. The predicted molar refractivity (Wildman–Crippen MR) is 57.0 cm³/mol. The molecular formula is C11H10BrFO2. The molecule has 4 heteroatoms. The molecule has 2 unspecified atom stereocenters. The van der Waals surface area contributed by atoms with Gasteiger partial charge in [0.15, 0.2) is 0 Å². The molecule has 0 N–H and O–H groups in total. The van der Waals surface area contributed by atoms with Crippen LogP contribution in [0.3, 0.4) is 0 Å². The molecule has 80 valence electrons. The number of halogens is 2. The minimum absolute atomic E-state index is 0.150. The highest BCUT2D eigenvalue weighted by atomic mass is 79.9. The van der Waals surface area contributed by atoms with Gasteiger partial charge in [-0.1, -0.05) is 6.07 Å². The van der Waals surface area contributed by atoms with E-state index in [4.69, 9.17) is 4.74 Å². The van der Waals surface area contributed by atoms with Gasteiger partial charge in [0.1, 0.15) is 18.2 Å². The lowest BCUT2D eigenvalue weighted by atomic mass is 10.1. The van der Waals surface area contributed by atoms with E-state index in [1.54, 1.807) is 6.07 Å². The molecule has 1 fully saturated rings. The maximum Gasteiger partial charge on any atom is 0.148 e. The molecule has 0 radical (unpaired) electrons. The Hall–Kier alpha value is -0.740. The molecule has 15 heavy (non-hydrogen) atoms. The van der Waals surface area contributed by atoms with E-state index in [2.05, 4.69) is 15.9 Å². The molecule has 1 saturated heterocycles. The lowest BCUT2D eigenvalue weighted by Gasteiger charge is -2.11. The summed E-state index contributed by atoms with van der Waals surface area (Å²) >= 11 is 3.09. The lowest BCUT2D eigenvalue weighted by Crippen LogP contribution is -2.07. The van der Waals surface area contributed by atoms with Crippen LogP contribution in [-0.4, -0.2) is 12.4 Å². The van der Waals surface area contributed by atoms with Gasteiger partial charge in [-0.2, -0.15) is 0 Å². The predicted octanol–water partition coefficient (Wildman–Crippen LogP) is 3.01. The first-order chi connectivity index (χ1) is 7.20. The van der Waals surface area contributed by atoms with E-state index in [-0.39, 0.29) is 18.0 Å². The maximum absolute atomic E-state index is 13.2. The molecule has 2 atom stereocenters. The number of carbonyl (C=O) groups excluding carboxylic acids is 1. The first kappa shape index (κ1) is 10.8. The normalized spacial score (nSPS) is 25.5. The SMILES string of the molecule is O=CC1CCC(c2ccc(Br)c(F)c2)O1. The van der Waals surface area contributed by atoms with E-state index >= 15 is 0 Å². The van der Waals surface area contributed by atoms with Crippen LogP contribution in [0.15, 0.2) is 22.7 Å². The highest BCUT2D eigenvalue weighted by Gasteiger charge is 2.26. The fourth-order valence-electron chi connectivity index (χ4n) is 1.72. The molecule has 2 nitrogen and oxygen atoms in total. The second-order valence-electron chi connectivity index (χ2n) is 3.55. The topological polar surface area (TPSA) is 26.3 Å². The van der Waals surface area contributed by atoms with Gasteiger partial charge in [-0.25, -0.2) is 4.39 Å². The highest BCUT2D eigenvalue weighted by molar-refractivity contribution is 9.10. The van der Waals surface area contributed by atoms with Gasteiger partial charge in [0, 0.05) is 0 Å². The van der Waals surface area contributed by atoms with Gasteiger partial charge in [0.25, 0.3) is 0 Å². The number of rotatable bonds is 2. The van der Waals surface area contributed by atoms with Crippen LogP contribution in [0.25, 0.3) is 0 Å². The standard InChI is InChI=1S/C11H10BrFO2/c12-9-3-1-7(5-10(9)13)11-4-2-8(6-14)15-11/h1,3,5-6,8,11H,2,4H2. The van der Waals surface area contributed by atoms with Crippen molar-refractivity contribution in [1.29, 1.82) is 0 Å². The van der Waals surface area contributed by atoms with Crippen LogP contribution in [0.5, 0.6) is 0 Å². The largest absolute Gasteiger partial charge is 0.363 e. The van der Waals surface area contributed by atoms with Crippen LogP contribution < -0.4 is 0 Å². The quantitative estimate of drug-likeness (QED) is 0.774. The Bertz CT molecular complexity index is 381. The third-order valence-electron chi connectivity index (χ3n) is 2.52. The zero-order valence-electron chi connectivity index (χ0n) is 7.95. The van der Waals surface area contributed by atoms with Crippen LogP contribution in [0, 0.1) is 5.82 Å². The van der Waals surface area contributed by atoms with E-state index < -0.39 is 0 Å². The number of aldehydes is 1. The van der Waals surface area contributed by atoms with Gasteiger partial charge in [-0.3, -0.25) is 0 Å². The van der Waals surface area contributed by atoms with E-state index in [0.29, 0.717) is 10.9 Å². The Morgan fingerprint density at radius 2 is 2.27 bits per heavy atom. The summed E-state index contributed by atoms with van der Waals surface area (Å²) in [5, 5.41) is 0. The van der Waals surface area contributed by atoms with Gasteiger partial charge in [0.2, 0.25) is 0 Å². The molecular weight excluding hydrogens is 263 g/mol. The summed E-state index contributed by atoms with van der Waals surface area (Å²) in [6.07, 6.45) is 1.80. The smallest absolute Gasteiger partial charge is 0.148 e. The number of carbonyl (C=O) groups is 1. The van der Waals surface area contributed by atoms with Crippen LogP contribution in [-0.2, 0) is 9.53 Å². The Kier molecular flexibility index (Phi) is 3.17. The molecule has 0 spiro atoms. The summed E-state index contributed by atoms with van der Waals surface area (Å²) in [4.78, 5) is 10.5. The molecule has 0 aliphatic carbocycles. The Morgan fingerprint density at radius 1 is 1.47 bits per heavy atom. The third-order valence-corrected chi connectivity index (χ3v) is 3.16. The van der Waals surface area contributed by atoms with Crippen LogP contribution in [0.2, 0.25) is 0 Å². The van der Waals surface area contributed by atoms with Gasteiger partial charge in [-0.05, 0) is 46.5 Å². The molecule has 1 aliphatic heterocycles. The zero-order valence-corrected chi connectivity index (χ0v) is 9.54. The van der Waals surface area contributed by atoms with Crippen molar-refractivity contribution in [3.8, 4) is 0 Å². The number of hydrogen-bond donors (Lipinski definition) is 0. The number of hydrogen-bond acceptors (Lipinski definition) is 2. The van der Waals surface area contributed by atoms with Crippen molar-refractivity contribution in [3.63, 3.8) is 0 Å². The summed E-state index contributed by atoms with van der Waals surface area (Å²) in [5.41, 5.74) is 0.792. The third kappa shape index (κ3) is 2.26. The fourth-order valence-corrected chi connectivity index (χ4v) is 1.97. The van der Waals surface area contributed by atoms with Gasteiger partial charge in [0.05, 0.1) is 10.6 Å². The Morgan fingerprint density at radius 3 is 2.87 bits per heavy atom. The van der Waals surface area contributed by atoms with Crippen molar-refractivity contribution < 1.29 is 13.9 Å². The molecule has 2 rings (SSSR count). The Balaban J connectivity index is 2.17. The lowest BCUT2D eigenvalue weighted by molar-refractivity contribution is -0.117. The monoisotopic (exact) mass is 272 g/mol. The molecule has 1 aromatic carbocycles. The maximum atomic E-state index is 13.2. The molecule has 1 aliphatic rings. The van der Waals surface area contributed by atoms with E-state index in [1.807, 2.05) is 6.07 Å². The van der Waals surface area contributed by atoms with Crippen LogP contribution >= 0.6 is 15.9 Å². The van der Waals surface area contributed by atoms with Crippen LogP contribution in [0.4, 0.5) is 4.39 Å². The summed E-state index contributed by atoms with van der Waals surface area (Å²) in [6, 6.07) is 4.91. The first-order valence-corrected chi connectivity index (χ1v) is 5.55. The minimum Gasteiger partial charge on any atom is -0.363 e. The van der Waals surface area contributed by atoms with E-state index in [9.17, 15) is 9.18 Å². The average molecular weight is 273 g/mol. The second kappa shape index (κ2) is 4.41. The van der Waals surface area contributed by atoms with Gasteiger partial charge in [-0.15, -0.1) is 0 Å². The molecule has 0 bridgehead atoms. The first-order valence-electron chi connectivity index (χ1n) is 4.76. The van der Waals surface area contributed by atoms with E-state index in [1.165, 1.54) is 6.07 Å². The van der Waals surface area contributed by atoms with Crippen molar-refractivity contribution >= 4 is 22.2 Å². The Labute approximate surface area is 95.6 Å². The molecule has 0 saturated carbocycles.